The highest BCUT2D eigenvalue weighted by Crippen LogP contribution is 2.10. The summed E-state index contributed by atoms with van der Waals surface area (Å²) < 4.78 is 0. The Kier molecular flexibility index (Phi) is 7.79. The Morgan fingerprint density at radius 1 is 1.18 bits per heavy atom. The fourth-order valence-electron chi connectivity index (χ4n) is 1.81. The number of nitrogens with two attached hydrogens (primary N) is 1. The highest BCUT2D eigenvalue weighted by molar-refractivity contribution is 5.90. The van der Waals surface area contributed by atoms with Crippen LogP contribution >= 0.6 is 0 Å². The van der Waals surface area contributed by atoms with Crippen molar-refractivity contribution >= 4 is 11.7 Å². The molecule has 1 amide bonds. The lowest BCUT2D eigenvalue weighted by molar-refractivity contribution is -0.133. The van der Waals surface area contributed by atoms with Crippen LogP contribution < -0.4 is 5.73 Å². The molecule has 1 saturated heterocycles. The second kappa shape index (κ2) is 8.23. The van der Waals surface area contributed by atoms with Gasteiger partial charge in [0, 0.05) is 25.4 Å². The van der Waals surface area contributed by atoms with E-state index in [1.165, 1.54) is 0 Å². The molecule has 1 unspecified atom stereocenters. The van der Waals surface area contributed by atoms with Crippen LogP contribution in [0.3, 0.4) is 0 Å². The molecule has 100 valence electrons. The van der Waals surface area contributed by atoms with E-state index in [4.69, 9.17) is 5.73 Å². The molecule has 0 bridgehead atoms. The van der Waals surface area contributed by atoms with Crippen molar-refractivity contribution in [3.05, 3.63) is 0 Å². The minimum atomic E-state index is -0.627. The lowest BCUT2D eigenvalue weighted by atomic mass is 10.00. The van der Waals surface area contributed by atoms with Crippen LogP contribution in [0.15, 0.2) is 0 Å². The van der Waals surface area contributed by atoms with E-state index >= 15 is 0 Å². The molecule has 0 radical (unpaired) electrons. The summed E-state index contributed by atoms with van der Waals surface area (Å²) in [6.07, 6.45) is 2.30. The van der Waals surface area contributed by atoms with Gasteiger partial charge in [0.25, 0.3) is 0 Å². The van der Waals surface area contributed by atoms with Gasteiger partial charge < -0.3 is 10.6 Å². The number of nitrogens with zero attached hydrogens (tertiary/aromatic N) is 1. The summed E-state index contributed by atoms with van der Waals surface area (Å²) in [5, 5.41) is 0. The van der Waals surface area contributed by atoms with E-state index in [2.05, 4.69) is 0 Å². The average molecular weight is 242 g/mol. The number of Topliss-reactive ketones (excluding diaryl/α,β-unsaturated/α-hetero) is 1. The number of hydrogen-bond acceptors (Lipinski definition) is 3. The van der Waals surface area contributed by atoms with Crippen molar-refractivity contribution in [2.75, 3.05) is 13.1 Å². The third kappa shape index (κ3) is 5.31. The summed E-state index contributed by atoms with van der Waals surface area (Å²) in [5.41, 5.74) is 5.69. The van der Waals surface area contributed by atoms with Crippen LogP contribution in [0.4, 0.5) is 0 Å². The zero-order valence-electron chi connectivity index (χ0n) is 11.5. The Labute approximate surface area is 105 Å². The van der Waals surface area contributed by atoms with Gasteiger partial charge in [-0.25, -0.2) is 0 Å². The second-order valence-corrected chi connectivity index (χ2v) is 4.46. The maximum absolute atomic E-state index is 11.7. The summed E-state index contributed by atoms with van der Waals surface area (Å²) in [5.74, 6) is -0.0945. The molecule has 4 nitrogen and oxygen atoms in total. The van der Waals surface area contributed by atoms with Gasteiger partial charge in [0.1, 0.15) is 0 Å². The largest absolute Gasteiger partial charge is 0.343 e. The van der Waals surface area contributed by atoms with Crippen molar-refractivity contribution in [1.29, 1.82) is 0 Å². The minimum Gasteiger partial charge on any atom is -0.343 e. The molecule has 1 aliphatic rings. The Morgan fingerprint density at radius 3 is 2.06 bits per heavy atom. The monoisotopic (exact) mass is 242 g/mol. The van der Waals surface area contributed by atoms with E-state index in [1.807, 2.05) is 27.7 Å². The molecule has 1 aliphatic heterocycles. The maximum atomic E-state index is 11.7. The molecular weight excluding hydrogens is 216 g/mol. The molecule has 2 N–H and O–H groups in total. The predicted octanol–water partition coefficient (Wildman–Crippen LogP) is 1.58. The molecule has 0 aromatic rings. The molecule has 1 heterocycles. The first kappa shape index (κ1) is 16.1. The number of ketones is 1. The normalized spacial score (nSPS) is 16.5. The van der Waals surface area contributed by atoms with Crippen molar-refractivity contribution in [3.63, 3.8) is 0 Å². The summed E-state index contributed by atoms with van der Waals surface area (Å²) >= 11 is 0. The van der Waals surface area contributed by atoms with Crippen LogP contribution in [-0.4, -0.2) is 35.7 Å². The highest BCUT2D eigenvalue weighted by atomic mass is 16.2. The van der Waals surface area contributed by atoms with Crippen LogP contribution in [-0.2, 0) is 9.59 Å². The Hall–Kier alpha value is -0.900. The number of rotatable bonds is 4. The molecule has 1 fully saturated rings. The molecule has 1 atom stereocenters. The fourth-order valence-corrected chi connectivity index (χ4v) is 1.81. The van der Waals surface area contributed by atoms with Crippen LogP contribution in [0.1, 0.15) is 47.0 Å². The number of carbonyl (C=O) groups excluding carboxylic acids is 2. The van der Waals surface area contributed by atoms with Crippen LogP contribution in [0.5, 0.6) is 0 Å². The summed E-state index contributed by atoms with van der Waals surface area (Å²) in [7, 11) is 0. The molecule has 0 aliphatic carbocycles. The molecule has 1 rings (SSSR count). The first-order valence-electron chi connectivity index (χ1n) is 6.59. The van der Waals surface area contributed by atoms with Gasteiger partial charge in [0.05, 0.1) is 6.04 Å². The number of likely N-dealkylation sites (tertiary alicyclic amines) is 1. The molecular formula is C13H26N2O2. The standard InChI is InChI=1S/C11H20N2O2.C2H6/c1-8(2)11(15)9(12)7-10(14)13-5-3-4-6-13;1-2/h8-9H,3-7,12H2,1-2H3;1-2H3. The summed E-state index contributed by atoms with van der Waals surface area (Å²) in [6, 6.07) is -0.627. The van der Waals surface area contributed by atoms with E-state index < -0.39 is 6.04 Å². The average Bonchev–Trinajstić information content (AvgIpc) is 2.84. The number of hydrogen-bond donors (Lipinski definition) is 1. The molecule has 4 heteroatoms. The zero-order chi connectivity index (χ0) is 13.4. The first-order valence-corrected chi connectivity index (χ1v) is 6.59. The number of amides is 1. The molecule has 0 aromatic heterocycles. The predicted molar refractivity (Wildman–Crippen MR) is 69.6 cm³/mol. The van der Waals surface area contributed by atoms with Gasteiger partial charge in [-0.2, -0.15) is 0 Å². The quantitative estimate of drug-likeness (QED) is 0.814. The van der Waals surface area contributed by atoms with Crippen molar-refractivity contribution in [3.8, 4) is 0 Å². The van der Waals surface area contributed by atoms with E-state index in [1.54, 1.807) is 4.90 Å². The van der Waals surface area contributed by atoms with Gasteiger partial charge >= 0.3 is 0 Å². The van der Waals surface area contributed by atoms with E-state index in [-0.39, 0.29) is 24.0 Å². The Bertz CT molecular complexity index is 246. The lowest BCUT2D eigenvalue weighted by Crippen LogP contribution is -2.40. The van der Waals surface area contributed by atoms with Crippen molar-refractivity contribution in [2.24, 2.45) is 11.7 Å². The van der Waals surface area contributed by atoms with Crippen molar-refractivity contribution in [2.45, 2.75) is 53.0 Å². The molecule has 0 saturated carbocycles. The van der Waals surface area contributed by atoms with Gasteiger partial charge in [-0.15, -0.1) is 0 Å². The molecule has 0 aromatic carbocycles. The minimum absolute atomic E-state index is 0.0222. The van der Waals surface area contributed by atoms with Gasteiger partial charge in [-0.05, 0) is 12.8 Å². The Morgan fingerprint density at radius 2 is 1.65 bits per heavy atom. The fraction of sp³-hybridized carbons (Fsp3) is 0.846. The maximum Gasteiger partial charge on any atom is 0.224 e. The third-order valence-corrected chi connectivity index (χ3v) is 2.79. The van der Waals surface area contributed by atoms with E-state index in [9.17, 15) is 9.59 Å². The smallest absolute Gasteiger partial charge is 0.224 e. The van der Waals surface area contributed by atoms with Crippen molar-refractivity contribution < 1.29 is 9.59 Å². The SMILES string of the molecule is CC.CC(C)C(=O)C(N)CC(=O)N1CCCC1. The van der Waals surface area contributed by atoms with Crippen LogP contribution in [0.25, 0.3) is 0 Å². The third-order valence-electron chi connectivity index (χ3n) is 2.79. The Balaban J connectivity index is 0.00000121. The van der Waals surface area contributed by atoms with Gasteiger partial charge in [0.2, 0.25) is 5.91 Å². The van der Waals surface area contributed by atoms with Crippen LogP contribution in [0.2, 0.25) is 0 Å². The van der Waals surface area contributed by atoms with Gasteiger partial charge in [-0.3, -0.25) is 9.59 Å². The topological polar surface area (TPSA) is 63.4 Å². The van der Waals surface area contributed by atoms with E-state index in [0.717, 1.165) is 25.9 Å². The summed E-state index contributed by atoms with van der Waals surface area (Å²) in [6.45, 7) is 9.26. The van der Waals surface area contributed by atoms with Crippen molar-refractivity contribution in [1.82, 2.24) is 4.90 Å². The number of carbonyl (C=O) groups is 2. The molecule has 17 heavy (non-hydrogen) atoms. The zero-order valence-corrected chi connectivity index (χ0v) is 11.5. The summed E-state index contributed by atoms with van der Waals surface area (Å²) in [4.78, 5) is 25.0. The van der Waals surface area contributed by atoms with Gasteiger partial charge in [-0.1, -0.05) is 27.7 Å². The van der Waals surface area contributed by atoms with Gasteiger partial charge in [0.15, 0.2) is 5.78 Å². The second-order valence-electron chi connectivity index (χ2n) is 4.46. The lowest BCUT2D eigenvalue weighted by Gasteiger charge is -2.18. The van der Waals surface area contributed by atoms with Crippen LogP contribution in [0, 0.1) is 5.92 Å². The first-order chi connectivity index (χ1) is 8.02. The van der Waals surface area contributed by atoms with E-state index in [0.29, 0.717) is 0 Å². The highest BCUT2D eigenvalue weighted by Gasteiger charge is 2.24. The molecule has 0 spiro atoms.